The van der Waals surface area contributed by atoms with E-state index in [0.29, 0.717) is 31.1 Å². The van der Waals surface area contributed by atoms with Gasteiger partial charge in [0.2, 0.25) is 5.82 Å². The predicted octanol–water partition coefficient (Wildman–Crippen LogP) is 4.76. The highest BCUT2D eigenvalue weighted by molar-refractivity contribution is 5.90. The minimum absolute atomic E-state index is 0.0575. The van der Waals surface area contributed by atoms with Crippen molar-refractivity contribution in [3.05, 3.63) is 77.6 Å². The Kier molecular flexibility index (Phi) is 7.37. The van der Waals surface area contributed by atoms with Crippen LogP contribution in [-0.2, 0) is 11.3 Å². The summed E-state index contributed by atoms with van der Waals surface area (Å²) in [6.07, 6.45) is 1.11. The van der Waals surface area contributed by atoms with Gasteiger partial charge in [0.05, 0.1) is 11.7 Å². The molecule has 1 unspecified atom stereocenters. The number of amides is 2. The van der Waals surface area contributed by atoms with E-state index in [0.717, 1.165) is 18.4 Å². The van der Waals surface area contributed by atoms with Crippen molar-refractivity contribution in [1.82, 2.24) is 24.6 Å². The van der Waals surface area contributed by atoms with Gasteiger partial charge in [-0.15, -0.1) is 5.10 Å². The van der Waals surface area contributed by atoms with E-state index in [9.17, 15) is 14.0 Å². The molecule has 0 bridgehead atoms. The number of carbonyl (C=O) groups is 2. The number of hydrogen-bond donors (Lipinski definition) is 0. The van der Waals surface area contributed by atoms with Crippen molar-refractivity contribution >= 4 is 12.0 Å². The van der Waals surface area contributed by atoms with Gasteiger partial charge in [-0.1, -0.05) is 30.3 Å². The molecular weight excluding hydrogens is 461 g/mol. The molecule has 1 fully saturated rings. The Morgan fingerprint density at radius 1 is 1.11 bits per heavy atom. The van der Waals surface area contributed by atoms with Gasteiger partial charge in [0, 0.05) is 19.6 Å². The quantitative estimate of drug-likeness (QED) is 0.512. The maximum atomic E-state index is 13.8. The van der Waals surface area contributed by atoms with Crippen molar-refractivity contribution in [2.75, 3.05) is 13.1 Å². The van der Waals surface area contributed by atoms with E-state index in [1.807, 2.05) is 51.1 Å². The number of likely N-dealkylation sites (tertiary alicyclic amines) is 1. The van der Waals surface area contributed by atoms with E-state index in [1.165, 1.54) is 16.8 Å². The standard InChI is InChI=1S/C27H32FN5O3/c1-19-29-24(30-33(19)22-14-12-21(28)13-15-22)25(34)32(17-20-9-6-5-7-10-20)23-11-8-16-31(18-23)26(35)36-27(2,3)4/h5-7,9-10,12-15,23H,8,11,16-18H2,1-4H3. The summed E-state index contributed by atoms with van der Waals surface area (Å²) < 4.78 is 20.5. The van der Waals surface area contributed by atoms with Crippen LogP contribution in [-0.4, -0.2) is 61.3 Å². The number of rotatable bonds is 5. The van der Waals surface area contributed by atoms with Gasteiger partial charge in [-0.2, -0.15) is 0 Å². The third-order valence-electron chi connectivity index (χ3n) is 5.98. The number of nitrogens with zero attached hydrogens (tertiary/aromatic N) is 5. The van der Waals surface area contributed by atoms with Crippen molar-refractivity contribution in [2.45, 2.75) is 58.7 Å². The molecular formula is C27H32FN5O3. The van der Waals surface area contributed by atoms with Crippen molar-refractivity contribution < 1.29 is 18.7 Å². The summed E-state index contributed by atoms with van der Waals surface area (Å²) in [6.45, 7) is 8.56. The van der Waals surface area contributed by atoms with Gasteiger partial charge in [0.1, 0.15) is 17.2 Å². The maximum Gasteiger partial charge on any atom is 0.410 e. The van der Waals surface area contributed by atoms with Gasteiger partial charge < -0.3 is 14.5 Å². The number of piperidine rings is 1. The van der Waals surface area contributed by atoms with Gasteiger partial charge in [-0.25, -0.2) is 18.9 Å². The molecule has 36 heavy (non-hydrogen) atoms. The highest BCUT2D eigenvalue weighted by atomic mass is 19.1. The molecule has 1 aromatic heterocycles. The van der Waals surface area contributed by atoms with E-state index < -0.39 is 5.60 Å². The Hall–Kier alpha value is -3.75. The first-order valence-electron chi connectivity index (χ1n) is 12.1. The highest BCUT2D eigenvalue weighted by Crippen LogP contribution is 2.23. The largest absolute Gasteiger partial charge is 0.444 e. The van der Waals surface area contributed by atoms with Crippen molar-refractivity contribution in [3.8, 4) is 5.69 Å². The van der Waals surface area contributed by atoms with Gasteiger partial charge in [-0.3, -0.25) is 4.79 Å². The Bertz CT molecular complexity index is 1200. The molecule has 2 heterocycles. The maximum absolute atomic E-state index is 13.8. The minimum atomic E-state index is -0.599. The van der Waals surface area contributed by atoms with Gasteiger partial charge in [-0.05, 0) is 70.4 Å². The van der Waals surface area contributed by atoms with Crippen LogP contribution in [0.1, 0.15) is 55.6 Å². The van der Waals surface area contributed by atoms with E-state index in [2.05, 4.69) is 10.1 Å². The van der Waals surface area contributed by atoms with Crippen LogP contribution in [0, 0.1) is 12.7 Å². The summed E-state index contributed by atoms with van der Waals surface area (Å²) in [5.74, 6) is -0.0988. The molecule has 4 rings (SSSR count). The average Bonchev–Trinajstić information content (AvgIpc) is 3.24. The van der Waals surface area contributed by atoms with E-state index >= 15 is 0 Å². The summed E-state index contributed by atoms with van der Waals surface area (Å²) in [4.78, 5) is 34.4. The van der Waals surface area contributed by atoms with Gasteiger partial charge in [0.15, 0.2) is 0 Å². The molecule has 9 heteroatoms. The lowest BCUT2D eigenvalue weighted by atomic mass is 10.0. The Labute approximate surface area is 210 Å². The SMILES string of the molecule is Cc1nc(C(=O)N(Cc2ccccc2)C2CCCN(C(=O)OC(C)(C)C)C2)nn1-c1ccc(F)cc1. The zero-order valence-electron chi connectivity index (χ0n) is 21.1. The fourth-order valence-electron chi connectivity index (χ4n) is 4.28. The molecule has 190 valence electrons. The molecule has 0 aliphatic carbocycles. The molecule has 1 aliphatic rings. The first-order chi connectivity index (χ1) is 17.1. The third-order valence-corrected chi connectivity index (χ3v) is 5.98. The highest BCUT2D eigenvalue weighted by Gasteiger charge is 2.34. The molecule has 2 aromatic carbocycles. The normalized spacial score (nSPS) is 16.0. The number of carbonyl (C=O) groups excluding carboxylic acids is 2. The van der Waals surface area contributed by atoms with Crippen LogP contribution in [0.5, 0.6) is 0 Å². The smallest absolute Gasteiger partial charge is 0.410 e. The molecule has 3 aromatic rings. The number of benzene rings is 2. The van der Waals surface area contributed by atoms with Crippen LogP contribution < -0.4 is 0 Å². The second kappa shape index (κ2) is 10.5. The average molecular weight is 494 g/mol. The molecule has 0 saturated carbocycles. The molecule has 2 amide bonds. The number of hydrogen-bond acceptors (Lipinski definition) is 5. The Balaban J connectivity index is 1.61. The fraction of sp³-hybridized carbons (Fsp3) is 0.407. The van der Waals surface area contributed by atoms with Crippen LogP contribution in [0.25, 0.3) is 5.69 Å². The summed E-state index contributed by atoms with van der Waals surface area (Å²) in [5, 5.41) is 4.46. The lowest BCUT2D eigenvalue weighted by Crippen LogP contribution is -2.52. The van der Waals surface area contributed by atoms with Crippen LogP contribution in [0.4, 0.5) is 9.18 Å². The Morgan fingerprint density at radius 2 is 1.81 bits per heavy atom. The minimum Gasteiger partial charge on any atom is -0.444 e. The predicted molar refractivity (Wildman–Crippen MR) is 133 cm³/mol. The summed E-state index contributed by atoms with van der Waals surface area (Å²) in [6, 6.07) is 15.3. The molecule has 0 spiro atoms. The summed E-state index contributed by atoms with van der Waals surface area (Å²) in [7, 11) is 0. The number of halogens is 1. The molecule has 0 N–H and O–H groups in total. The summed E-state index contributed by atoms with van der Waals surface area (Å²) in [5.41, 5.74) is 0.983. The molecule has 1 atom stereocenters. The van der Waals surface area contributed by atoms with Gasteiger partial charge >= 0.3 is 6.09 Å². The van der Waals surface area contributed by atoms with Crippen molar-refractivity contribution in [1.29, 1.82) is 0 Å². The first kappa shape index (κ1) is 25.3. The zero-order valence-corrected chi connectivity index (χ0v) is 21.1. The van der Waals surface area contributed by atoms with Gasteiger partial charge in [0.25, 0.3) is 5.91 Å². The van der Waals surface area contributed by atoms with Crippen LogP contribution in [0.15, 0.2) is 54.6 Å². The van der Waals surface area contributed by atoms with E-state index in [4.69, 9.17) is 4.74 Å². The van der Waals surface area contributed by atoms with Crippen LogP contribution >= 0.6 is 0 Å². The number of aromatic nitrogens is 3. The fourth-order valence-corrected chi connectivity index (χ4v) is 4.28. The molecule has 8 nitrogen and oxygen atoms in total. The first-order valence-corrected chi connectivity index (χ1v) is 12.1. The molecule has 0 radical (unpaired) electrons. The van der Waals surface area contributed by atoms with Crippen molar-refractivity contribution in [2.24, 2.45) is 0 Å². The van der Waals surface area contributed by atoms with E-state index in [1.54, 1.807) is 28.9 Å². The summed E-state index contributed by atoms with van der Waals surface area (Å²) >= 11 is 0. The third kappa shape index (κ3) is 6.08. The second-order valence-corrected chi connectivity index (χ2v) is 10.0. The number of aryl methyl sites for hydroxylation is 1. The lowest BCUT2D eigenvalue weighted by molar-refractivity contribution is 0.00946. The second-order valence-electron chi connectivity index (χ2n) is 10.0. The van der Waals surface area contributed by atoms with E-state index in [-0.39, 0.29) is 29.7 Å². The monoisotopic (exact) mass is 493 g/mol. The lowest BCUT2D eigenvalue weighted by Gasteiger charge is -2.39. The zero-order chi connectivity index (χ0) is 25.9. The van der Waals surface area contributed by atoms with Crippen molar-refractivity contribution in [3.63, 3.8) is 0 Å². The Morgan fingerprint density at radius 3 is 2.47 bits per heavy atom. The molecule has 1 aliphatic heterocycles. The number of ether oxygens (including phenoxy) is 1. The van der Waals surface area contributed by atoms with Crippen LogP contribution in [0.3, 0.4) is 0 Å². The topological polar surface area (TPSA) is 80.6 Å². The molecule has 1 saturated heterocycles. The van der Waals surface area contributed by atoms with Crippen LogP contribution in [0.2, 0.25) is 0 Å².